The van der Waals surface area contributed by atoms with Crippen molar-refractivity contribution in [1.82, 2.24) is 30.2 Å². The van der Waals surface area contributed by atoms with Crippen molar-refractivity contribution in [1.29, 1.82) is 0 Å². The van der Waals surface area contributed by atoms with Crippen LogP contribution in [0.15, 0.2) is 36.7 Å². The molecule has 2 aromatic heterocycles. The van der Waals surface area contributed by atoms with Crippen molar-refractivity contribution in [3.8, 4) is 5.88 Å². The molecule has 150 valence electrons. The summed E-state index contributed by atoms with van der Waals surface area (Å²) >= 11 is 0. The van der Waals surface area contributed by atoms with Gasteiger partial charge in [0.1, 0.15) is 5.52 Å². The molecule has 0 bridgehead atoms. The van der Waals surface area contributed by atoms with Crippen LogP contribution in [0.5, 0.6) is 5.88 Å². The van der Waals surface area contributed by atoms with Gasteiger partial charge in [-0.15, -0.1) is 0 Å². The molecule has 2 aliphatic heterocycles. The number of hydrogen-bond donors (Lipinski definition) is 2. The van der Waals surface area contributed by atoms with E-state index in [1.807, 2.05) is 13.8 Å². The lowest BCUT2D eigenvalue weighted by Crippen LogP contribution is -2.43. The lowest BCUT2D eigenvalue weighted by atomic mass is 10.0. The summed E-state index contributed by atoms with van der Waals surface area (Å²) in [6.07, 6.45) is 3.91. The number of benzene rings is 1. The number of hydrogen-bond acceptors (Lipinski definition) is 7. The van der Waals surface area contributed by atoms with Gasteiger partial charge in [0.2, 0.25) is 11.8 Å². The Morgan fingerprint density at radius 3 is 2.76 bits per heavy atom. The van der Waals surface area contributed by atoms with E-state index in [1.54, 1.807) is 6.33 Å². The normalized spacial score (nSPS) is 16.9. The van der Waals surface area contributed by atoms with Gasteiger partial charge in [-0.3, -0.25) is 0 Å². The summed E-state index contributed by atoms with van der Waals surface area (Å²) in [5, 5.41) is 3.43. The first-order chi connectivity index (χ1) is 14.2. The van der Waals surface area contributed by atoms with E-state index in [2.05, 4.69) is 55.4 Å². The largest absolute Gasteiger partial charge is 0.473 e. The number of imidazole rings is 1. The molecular weight excluding hydrogens is 366 g/mol. The van der Waals surface area contributed by atoms with Crippen LogP contribution < -0.4 is 15.0 Å². The molecule has 8 nitrogen and oxygen atoms in total. The maximum atomic E-state index is 5.94. The smallest absolute Gasteiger partial charge is 0.245 e. The van der Waals surface area contributed by atoms with Gasteiger partial charge in [0.05, 0.1) is 18.1 Å². The summed E-state index contributed by atoms with van der Waals surface area (Å²) in [5.41, 5.74) is 4.94. The third kappa shape index (κ3) is 3.29. The summed E-state index contributed by atoms with van der Waals surface area (Å²) < 4.78 is 5.94. The van der Waals surface area contributed by atoms with Gasteiger partial charge in [0, 0.05) is 44.0 Å². The van der Waals surface area contributed by atoms with Gasteiger partial charge in [0.25, 0.3) is 0 Å². The number of anilines is 2. The molecule has 0 radical (unpaired) electrons. The average Bonchev–Trinajstić information content (AvgIpc) is 3.22. The number of ether oxygens (including phenoxy) is 1. The molecule has 0 spiro atoms. The molecule has 2 aliphatic rings. The molecule has 2 N–H and O–H groups in total. The van der Waals surface area contributed by atoms with E-state index in [0.717, 1.165) is 37.4 Å². The highest BCUT2D eigenvalue weighted by Crippen LogP contribution is 2.37. The zero-order chi connectivity index (χ0) is 19.8. The molecular formula is C21H25N7O. The van der Waals surface area contributed by atoms with Crippen LogP contribution in [-0.2, 0) is 0 Å². The second-order valence-corrected chi connectivity index (χ2v) is 7.55. The number of rotatable bonds is 4. The van der Waals surface area contributed by atoms with Gasteiger partial charge in [-0.1, -0.05) is 18.2 Å². The van der Waals surface area contributed by atoms with Crippen molar-refractivity contribution >= 4 is 28.5 Å². The molecule has 0 saturated carbocycles. The Labute approximate surface area is 169 Å². The number of para-hydroxylation sites is 1. The average molecular weight is 391 g/mol. The fraction of sp³-hybridized carbons (Fsp3) is 0.381. The van der Waals surface area contributed by atoms with Gasteiger partial charge in [-0.05, 0) is 26.0 Å². The molecule has 1 fully saturated rings. The van der Waals surface area contributed by atoms with Crippen molar-refractivity contribution in [2.45, 2.75) is 20.0 Å². The quantitative estimate of drug-likeness (QED) is 0.707. The van der Waals surface area contributed by atoms with Crippen molar-refractivity contribution in [3.05, 3.63) is 42.2 Å². The number of piperazine rings is 1. The summed E-state index contributed by atoms with van der Waals surface area (Å²) in [7, 11) is 0. The molecule has 5 rings (SSSR count). The highest BCUT2D eigenvalue weighted by Gasteiger charge is 2.26. The maximum Gasteiger partial charge on any atom is 0.245 e. The van der Waals surface area contributed by atoms with Crippen LogP contribution in [0.1, 0.15) is 19.4 Å². The summed E-state index contributed by atoms with van der Waals surface area (Å²) in [6, 6.07) is 8.45. The predicted octanol–water partition coefficient (Wildman–Crippen LogP) is 2.54. The number of H-pyrrole nitrogens is 1. The zero-order valence-electron chi connectivity index (χ0n) is 16.7. The van der Waals surface area contributed by atoms with Gasteiger partial charge in [0.15, 0.2) is 5.65 Å². The Kier molecular flexibility index (Phi) is 4.55. The minimum Gasteiger partial charge on any atom is -0.473 e. The van der Waals surface area contributed by atoms with Gasteiger partial charge in [-0.2, -0.15) is 9.97 Å². The standard InChI is InChI=1S/C21H25N7O/c1-14(2)29-20-18-19(24-13-23-18)25-21(26-20)28-10-7-16(27-11-8-22-9-12-27)15-5-3-4-6-17(15)28/h3-7,13-14,22H,8-12H2,1-2H3,(H,23,24,25,26). The number of aromatic nitrogens is 4. The Morgan fingerprint density at radius 1 is 1.10 bits per heavy atom. The fourth-order valence-corrected chi connectivity index (χ4v) is 3.93. The van der Waals surface area contributed by atoms with E-state index in [1.165, 1.54) is 11.3 Å². The van der Waals surface area contributed by atoms with Crippen molar-refractivity contribution < 1.29 is 4.74 Å². The van der Waals surface area contributed by atoms with Crippen molar-refractivity contribution in [2.24, 2.45) is 0 Å². The van der Waals surface area contributed by atoms with Gasteiger partial charge >= 0.3 is 0 Å². The van der Waals surface area contributed by atoms with Crippen LogP contribution in [0.25, 0.3) is 16.9 Å². The second kappa shape index (κ2) is 7.36. The first-order valence-electron chi connectivity index (χ1n) is 10.1. The number of fused-ring (bicyclic) bond motifs is 2. The van der Waals surface area contributed by atoms with Crippen LogP contribution in [0.4, 0.5) is 11.6 Å². The lowest BCUT2D eigenvalue weighted by molar-refractivity contribution is 0.235. The Hall–Kier alpha value is -3.13. The molecule has 0 atom stereocenters. The Balaban J connectivity index is 1.56. The van der Waals surface area contributed by atoms with Crippen molar-refractivity contribution in [3.63, 3.8) is 0 Å². The molecule has 1 aromatic carbocycles. The molecule has 4 heterocycles. The molecule has 0 amide bonds. The highest BCUT2D eigenvalue weighted by atomic mass is 16.5. The third-order valence-corrected chi connectivity index (χ3v) is 5.23. The zero-order valence-corrected chi connectivity index (χ0v) is 16.7. The van der Waals surface area contributed by atoms with E-state index in [4.69, 9.17) is 14.7 Å². The third-order valence-electron chi connectivity index (χ3n) is 5.23. The lowest BCUT2D eigenvalue weighted by Gasteiger charge is -2.37. The number of aromatic amines is 1. The highest BCUT2D eigenvalue weighted by molar-refractivity contribution is 5.84. The molecule has 3 aromatic rings. The van der Waals surface area contributed by atoms with E-state index in [-0.39, 0.29) is 6.10 Å². The number of nitrogens with one attached hydrogen (secondary N) is 2. The van der Waals surface area contributed by atoms with Gasteiger partial charge < -0.3 is 24.8 Å². The number of nitrogens with zero attached hydrogens (tertiary/aromatic N) is 5. The summed E-state index contributed by atoms with van der Waals surface area (Å²) in [6.45, 7) is 8.74. The fourth-order valence-electron chi connectivity index (χ4n) is 3.93. The maximum absolute atomic E-state index is 5.94. The van der Waals surface area contributed by atoms with Crippen LogP contribution in [0.3, 0.4) is 0 Å². The van der Waals surface area contributed by atoms with Crippen LogP contribution in [0.2, 0.25) is 0 Å². The molecule has 29 heavy (non-hydrogen) atoms. The molecule has 1 saturated heterocycles. The van der Waals surface area contributed by atoms with Gasteiger partial charge in [-0.25, -0.2) is 4.98 Å². The minimum atomic E-state index is 0.0112. The molecule has 0 aliphatic carbocycles. The molecule has 0 unspecified atom stereocenters. The predicted molar refractivity (Wildman–Crippen MR) is 113 cm³/mol. The molecule has 8 heteroatoms. The summed E-state index contributed by atoms with van der Waals surface area (Å²) in [5.74, 6) is 1.13. The minimum absolute atomic E-state index is 0.0112. The van der Waals surface area contributed by atoms with E-state index >= 15 is 0 Å². The monoisotopic (exact) mass is 391 g/mol. The van der Waals surface area contributed by atoms with E-state index in [9.17, 15) is 0 Å². The first-order valence-corrected chi connectivity index (χ1v) is 10.1. The Bertz CT molecular complexity index is 1050. The Morgan fingerprint density at radius 2 is 1.93 bits per heavy atom. The first kappa shape index (κ1) is 17.9. The van der Waals surface area contributed by atoms with Crippen LogP contribution in [-0.4, -0.2) is 63.7 Å². The van der Waals surface area contributed by atoms with Crippen LogP contribution >= 0.6 is 0 Å². The van der Waals surface area contributed by atoms with Crippen LogP contribution in [0, 0.1) is 0 Å². The second-order valence-electron chi connectivity index (χ2n) is 7.55. The van der Waals surface area contributed by atoms with Crippen molar-refractivity contribution in [2.75, 3.05) is 37.6 Å². The topological polar surface area (TPSA) is 82.2 Å². The van der Waals surface area contributed by atoms with E-state index < -0.39 is 0 Å². The summed E-state index contributed by atoms with van der Waals surface area (Å²) in [4.78, 5) is 21.5. The SMILES string of the molecule is CC(C)Oc1nc(N2CC=C(N3CCNCC3)c3ccccc32)nc2nc[nH]c12. The van der Waals surface area contributed by atoms with E-state index in [0.29, 0.717) is 24.0 Å².